The van der Waals surface area contributed by atoms with Crippen molar-refractivity contribution in [2.24, 2.45) is 5.73 Å². The van der Waals surface area contributed by atoms with Crippen molar-refractivity contribution in [2.75, 3.05) is 6.54 Å². The molecule has 24 heavy (non-hydrogen) atoms. The van der Waals surface area contributed by atoms with E-state index in [1.807, 2.05) is 52.0 Å². The van der Waals surface area contributed by atoms with E-state index >= 15 is 0 Å². The first kappa shape index (κ1) is 17.9. The van der Waals surface area contributed by atoms with Gasteiger partial charge < -0.3 is 15.8 Å². The van der Waals surface area contributed by atoms with Crippen molar-refractivity contribution >= 4 is 5.91 Å². The van der Waals surface area contributed by atoms with E-state index in [0.717, 1.165) is 17.9 Å². The molecule has 7 heteroatoms. The molecule has 7 nitrogen and oxygen atoms in total. The van der Waals surface area contributed by atoms with Crippen LogP contribution in [0.4, 0.5) is 0 Å². The molecule has 0 spiro atoms. The average Bonchev–Trinajstić information content (AvgIpc) is 2.89. The van der Waals surface area contributed by atoms with Crippen LogP contribution in [0, 0.1) is 6.92 Å². The van der Waals surface area contributed by atoms with Crippen LogP contribution in [-0.2, 0) is 0 Å². The number of rotatable bonds is 7. The lowest BCUT2D eigenvalue weighted by molar-refractivity contribution is 0.0947. The van der Waals surface area contributed by atoms with Crippen LogP contribution in [0.15, 0.2) is 24.3 Å². The second kappa shape index (κ2) is 7.92. The molecule has 0 saturated heterocycles. The van der Waals surface area contributed by atoms with Gasteiger partial charge in [-0.25, -0.2) is 4.68 Å². The monoisotopic (exact) mass is 331 g/mol. The summed E-state index contributed by atoms with van der Waals surface area (Å²) in [5.74, 6) is 0.555. The summed E-state index contributed by atoms with van der Waals surface area (Å²) in [4.78, 5) is 12.2. The molecule has 1 amide bonds. The molecule has 0 saturated carbocycles. The van der Waals surface area contributed by atoms with E-state index in [-0.39, 0.29) is 18.1 Å². The number of ether oxygens (including phenoxy) is 1. The first-order valence-corrected chi connectivity index (χ1v) is 8.11. The minimum absolute atomic E-state index is 0.0497. The number of hydrogen-bond donors (Lipinski definition) is 2. The van der Waals surface area contributed by atoms with Crippen LogP contribution in [0.3, 0.4) is 0 Å². The normalized spacial score (nSPS) is 12.2. The molecule has 0 fully saturated rings. The first-order valence-electron chi connectivity index (χ1n) is 8.11. The summed E-state index contributed by atoms with van der Waals surface area (Å²) in [5.41, 5.74) is 7.51. The Morgan fingerprint density at radius 3 is 2.54 bits per heavy atom. The van der Waals surface area contributed by atoms with Gasteiger partial charge in [0.2, 0.25) is 0 Å². The van der Waals surface area contributed by atoms with Crippen molar-refractivity contribution in [3.05, 3.63) is 35.7 Å². The van der Waals surface area contributed by atoms with Gasteiger partial charge in [0.15, 0.2) is 5.69 Å². The molecule has 1 aromatic carbocycles. The highest BCUT2D eigenvalue weighted by Crippen LogP contribution is 2.18. The van der Waals surface area contributed by atoms with Gasteiger partial charge in [-0.2, -0.15) is 0 Å². The average molecular weight is 331 g/mol. The van der Waals surface area contributed by atoms with Crippen LogP contribution in [0.5, 0.6) is 5.75 Å². The highest BCUT2D eigenvalue weighted by molar-refractivity contribution is 5.93. The molecule has 1 heterocycles. The lowest BCUT2D eigenvalue weighted by Gasteiger charge is -2.10. The molecule has 3 N–H and O–H groups in total. The Kier molecular flexibility index (Phi) is 5.92. The Morgan fingerprint density at radius 1 is 1.29 bits per heavy atom. The van der Waals surface area contributed by atoms with Crippen LogP contribution in [0.2, 0.25) is 0 Å². The predicted molar refractivity (Wildman–Crippen MR) is 92.5 cm³/mol. The number of aromatic nitrogens is 3. The minimum atomic E-state index is -0.237. The van der Waals surface area contributed by atoms with E-state index in [2.05, 4.69) is 15.6 Å². The van der Waals surface area contributed by atoms with Gasteiger partial charge in [-0.15, -0.1) is 5.10 Å². The molecular weight excluding hydrogens is 306 g/mol. The largest absolute Gasteiger partial charge is 0.491 e. The van der Waals surface area contributed by atoms with Crippen molar-refractivity contribution < 1.29 is 9.53 Å². The third-order valence-corrected chi connectivity index (χ3v) is 3.45. The maximum atomic E-state index is 12.2. The molecular formula is C17H25N5O2. The van der Waals surface area contributed by atoms with Crippen LogP contribution in [0.1, 0.15) is 43.4 Å². The van der Waals surface area contributed by atoms with Crippen LogP contribution < -0.4 is 15.8 Å². The number of carbonyl (C=O) groups excluding carboxylic acids is 1. The zero-order valence-electron chi connectivity index (χ0n) is 14.6. The second-order valence-corrected chi connectivity index (χ2v) is 6.12. The molecule has 130 valence electrons. The topological polar surface area (TPSA) is 95.1 Å². The summed E-state index contributed by atoms with van der Waals surface area (Å²) in [6, 6.07) is 7.57. The number of benzene rings is 1. The van der Waals surface area contributed by atoms with Gasteiger partial charge in [-0.05, 0) is 58.4 Å². The predicted octanol–water partition coefficient (Wildman–Crippen LogP) is 1.83. The van der Waals surface area contributed by atoms with Gasteiger partial charge in [0.1, 0.15) is 5.75 Å². The fraction of sp³-hybridized carbons (Fsp3) is 0.471. The Hall–Kier alpha value is -2.41. The Bertz CT molecular complexity index is 677. The van der Waals surface area contributed by atoms with Crippen molar-refractivity contribution in [2.45, 2.75) is 46.3 Å². The number of amides is 1. The summed E-state index contributed by atoms with van der Waals surface area (Å²) >= 11 is 0. The van der Waals surface area contributed by atoms with Crippen molar-refractivity contribution in [3.63, 3.8) is 0 Å². The van der Waals surface area contributed by atoms with E-state index in [0.29, 0.717) is 17.9 Å². The zero-order valence-corrected chi connectivity index (χ0v) is 14.6. The molecule has 0 aliphatic heterocycles. The molecule has 2 aromatic rings. The van der Waals surface area contributed by atoms with Crippen LogP contribution >= 0.6 is 0 Å². The van der Waals surface area contributed by atoms with Crippen LogP contribution in [0.25, 0.3) is 5.69 Å². The molecule has 2 rings (SSSR count). The van der Waals surface area contributed by atoms with Crippen molar-refractivity contribution in [1.82, 2.24) is 20.3 Å². The smallest absolute Gasteiger partial charge is 0.273 e. The lowest BCUT2D eigenvalue weighted by atomic mass is 10.2. The number of carbonyl (C=O) groups is 1. The first-order chi connectivity index (χ1) is 11.4. The third kappa shape index (κ3) is 4.55. The SMILES string of the molecule is Cc1c(C(=O)NCCC(C)N)nnn1-c1ccc(OC(C)C)cc1. The zero-order chi connectivity index (χ0) is 17.7. The van der Waals surface area contributed by atoms with Gasteiger partial charge >= 0.3 is 0 Å². The molecule has 1 unspecified atom stereocenters. The van der Waals surface area contributed by atoms with E-state index in [4.69, 9.17) is 10.5 Å². The number of nitrogens with two attached hydrogens (primary N) is 1. The number of nitrogens with one attached hydrogen (secondary N) is 1. The fourth-order valence-corrected chi connectivity index (χ4v) is 2.22. The molecule has 0 aliphatic carbocycles. The third-order valence-electron chi connectivity index (χ3n) is 3.45. The van der Waals surface area contributed by atoms with Gasteiger partial charge in [0, 0.05) is 12.6 Å². The Balaban J connectivity index is 2.10. The van der Waals surface area contributed by atoms with Crippen LogP contribution in [-0.4, -0.2) is 39.6 Å². The summed E-state index contributed by atoms with van der Waals surface area (Å²) in [5, 5.41) is 10.9. The fourth-order valence-electron chi connectivity index (χ4n) is 2.22. The molecule has 0 radical (unpaired) electrons. The summed E-state index contributed by atoms with van der Waals surface area (Å²) < 4.78 is 7.26. The van der Waals surface area contributed by atoms with E-state index in [9.17, 15) is 4.79 Å². The minimum Gasteiger partial charge on any atom is -0.491 e. The Morgan fingerprint density at radius 2 is 1.96 bits per heavy atom. The van der Waals surface area contributed by atoms with Gasteiger partial charge in [-0.3, -0.25) is 4.79 Å². The number of nitrogens with zero attached hydrogens (tertiary/aromatic N) is 3. The summed E-state index contributed by atoms with van der Waals surface area (Å²) in [6.07, 6.45) is 0.839. The van der Waals surface area contributed by atoms with Crippen molar-refractivity contribution in [3.8, 4) is 11.4 Å². The number of hydrogen-bond acceptors (Lipinski definition) is 5. The maximum absolute atomic E-state index is 12.2. The molecule has 0 bridgehead atoms. The molecule has 1 aromatic heterocycles. The van der Waals surface area contributed by atoms with Gasteiger partial charge in [0.25, 0.3) is 5.91 Å². The lowest BCUT2D eigenvalue weighted by Crippen LogP contribution is -2.29. The highest BCUT2D eigenvalue weighted by atomic mass is 16.5. The second-order valence-electron chi connectivity index (χ2n) is 6.12. The van der Waals surface area contributed by atoms with Crippen molar-refractivity contribution in [1.29, 1.82) is 0 Å². The van der Waals surface area contributed by atoms with E-state index in [1.54, 1.807) is 4.68 Å². The molecule has 0 aliphatic rings. The quantitative estimate of drug-likeness (QED) is 0.807. The standard InChI is InChI=1S/C17H25N5O2/c1-11(2)24-15-7-5-14(6-8-15)22-13(4)16(20-21-22)17(23)19-10-9-12(3)18/h5-8,11-12H,9-10,18H2,1-4H3,(H,19,23). The molecule has 1 atom stereocenters. The summed E-state index contributed by atoms with van der Waals surface area (Å²) in [7, 11) is 0. The highest BCUT2D eigenvalue weighted by Gasteiger charge is 2.17. The van der Waals surface area contributed by atoms with E-state index < -0.39 is 0 Å². The summed E-state index contributed by atoms with van der Waals surface area (Å²) in [6.45, 7) is 8.20. The van der Waals surface area contributed by atoms with Gasteiger partial charge in [-0.1, -0.05) is 5.21 Å². The Labute approximate surface area is 142 Å². The maximum Gasteiger partial charge on any atom is 0.273 e. The van der Waals surface area contributed by atoms with E-state index in [1.165, 1.54) is 0 Å². The van der Waals surface area contributed by atoms with Gasteiger partial charge in [0.05, 0.1) is 17.5 Å².